The summed E-state index contributed by atoms with van der Waals surface area (Å²) in [5.41, 5.74) is -1.71. The van der Waals surface area contributed by atoms with E-state index in [1.54, 1.807) is 19.4 Å². The first-order valence-corrected chi connectivity index (χ1v) is 13.4. The molecule has 0 spiro atoms. The molecule has 2 N–H and O–H groups in total. The Kier molecular flexibility index (Phi) is 7.90. The monoisotopic (exact) mass is 594 g/mol. The fourth-order valence-electron chi connectivity index (χ4n) is 5.99. The zero-order chi connectivity index (χ0) is 29.5. The van der Waals surface area contributed by atoms with Gasteiger partial charge < -0.3 is 15.4 Å². The van der Waals surface area contributed by atoms with Gasteiger partial charge in [0.2, 0.25) is 0 Å². The molecule has 4 heterocycles. The number of hydrogen-bond donors (Lipinski definition) is 2. The predicted molar refractivity (Wildman–Crippen MR) is 149 cm³/mol. The summed E-state index contributed by atoms with van der Waals surface area (Å²) in [7, 11) is 1.55. The highest BCUT2D eigenvalue weighted by molar-refractivity contribution is 7.80. The lowest BCUT2D eigenvalue weighted by molar-refractivity contribution is -0.143. The Balaban J connectivity index is 1.51. The molecule has 1 unspecified atom stereocenters. The molecule has 5 nitrogen and oxygen atoms in total. The van der Waals surface area contributed by atoms with Crippen molar-refractivity contribution in [3.05, 3.63) is 78.0 Å². The Morgan fingerprint density at radius 2 is 1.80 bits per heavy atom. The summed E-state index contributed by atoms with van der Waals surface area (Å²) >= 11 is 5.50. The van der Waals surface area contributed by atoms with Crippen molar-refractivity contribution in [3.63, 3.8) is 0 Å². The third-order valence-corrected chi connectivity index (χ3v) is 8.21. The van der Waals surface area contributed by atoms with Crippen LogP contribution in [0.4, 0.5) is 32.0 Å². The average Bonchev–Trinajstić information content (AvgIpc) is 2.94. The number of nitrogens with one attached hydrogen (secondary N) is 2. The summed E-state index contributed by atoms with van der Waals surface area (Å²) in [6, 6.07) is 8.15. The number of methoxy groups -OCH3 is 1. The minimum absolute atomic E-state index is 0.0475. The summed E-state index contributed by atoms with van der Waals surface area (Å²) in [6.07, 6.45) is -4.48. The summed E-state index contributed by atoms with van der Waals surface area (Å²) in [4.78, 5) is 6.80. The Labute approximate surface area is 238 Å². The molecule has 3 aliphatic rings. The van der Waals surface area contributed by atoms with Gasteiger partial charge in [-0.1, -0.05) is 6.08 Å². The minimum atomic E-state index is -4.97. The van der Waals surface area contributed by atoms with E-state index in [4.69, 9.17) is 17.0 Å². The maximum absolute atomic E-state index is 13.4. The van der Waals surface area contributed by atoms with E-state index in [0.29, 0.717) is 35.2 Å². The van der Waals surface area contributed by atoms with Gasteiger partial charge in [-0.2, -0.15) is 26.3 Å². The van der Waals surface area contributed by atoms with Gasteiger partial charge in [0, 0.05) is 29.9 Å². The highest BCUT2D eigenvalue weighted by atomic mass is 32.1. The van der Waals surface area contributed by atoms with Crippen molar-refractivity contribution in [3.8, 4) is 5.75 Å². The lowest BCUT2D eigenvalue weighted by atomic mass is 9.73. The number of thiocarbonyl (C=S) groups is 1. The number of ether oxygens (including phenoxy) is 1. The van der Waals surface area contributed by atoms with Gasteiger partial charge in [0.25, 0.3) is 0 Å². The van der Waals surface area contributed by atoms with Crippen LogP contribution in [-0.2, 0) is 12.4 Å². The summed E-state index contributed by atoms with van der Waals surface area (Å²) in [5.74, 6) is 1.35. The van der Waals surface area contributed by atoms with E-state index < -0.39 is 35.2 Å². The van der Waals surface area contributed by atoms with Crippen LogP contribution in [0.5, 0.6) is 5.75 Å². The standard InChI is InChI=1S/C29H28F6N4OS/c1-3-16-15-39-9-7-17(16)10-25(39)26(22-6-8-36-24-5-4-21(40-2)14-23(22)24)38-27(41)37-20-12-18(28(30,31)32)11-19(13-20)29(33,34)35/h3-6,8,11-14,16-17,25-26H,1,7,9-10,15H2,2H3,(H2,37,38,41)/t16-,17-,25+,26+/m1/s1. The van der Waals surface area contributed by atoms with Crippen LogP contribution in [0.3, 0.4) is 0 Å². The first-order chi connectivity index (χ1) is 19.4. The molecule has 1 aromatic heterocycles. The molecule has 0 saturated carbocycles. The number of alkyl halides is 6. The molecule has 3 saturated heterocycles. The number of pyridine rings is 1. The summed E-state index contributed by atoms with van der Waals surface area (Å²) in [6.45, 7) is 5.63. The number of piperidine rings is 3. The van der Waals surface area contributed by atoms with Crippen LogP contribution >= 0.6 is 12.2 Å². The average molecular weight is 595 g/mol. The molecular formula is C29H28F6N4OS. The molecule has 6 rings (SSSR count). The van der Waals surface area contributed by atoms with Gasteiger partial charge in [0.05, 0.1) is 29.8 Å². The highest BCUT2D eigenvalue weighted by Gasteiger charge is 2.43. The fourth-order valence-corrected chi connectivity index (χ4v) is 6.23. The van der Waals surface area contributed by atoms with Crippen LogP contribution in [-0.4, -0.2) is 41.2 Å². The predicted octanol–water partition coefficient (Wildman–Crippen LogP) is 7.21. The summed E-state index contributed by atoms with van der Waals surface area (Å²) in [5, 5.41) is 6.52. The SMILES string of the molecule is C=C[C@@H]1CN2CC[C@@H]1C[C@H]2[C@@H](NC(=S)Nc1cc(C(F)(F)F)cc(C(F)(F)F)c1)c1ccnc2ccc(OC)cc12. The number of nitrogens with zero attached hydrogens (tertiary/aromatic N) is 2. The normalized spacial score (nSPS) is 23.2. The Morgan fingerprint density at radius 1 is 1.10 bits per heavy atom. The van der Waals surface area contributed by atoms with Gasteiger partial charge in [0.1, 0.15) is 5.75 Å². The molecule has 0 aliphatic carbocycles. The third kappa shape index (κ3) is 6.13. The number of halogens is 6. The number of rotatable bonds is 6. The molecule has 3 aliphatic heterocycles. The van der Waals surface area contributed by atoms with E-state index in [-0.39, 0.29) is 17.2 Å². The quantitative estimate of drug-likeness (QED) is 0.179. The van der Waals surface area contributed by atoms with Crippen LogP contribution in [0.1, 0.15) is 35.6 Å². The number of benzene rings is 2. The molecule has 3 fully saturated rings. The first-order valence-electron chi connectivity index (χ1n) is 13.0. The van der Waals surface area contributed by atoms with Gasteiger partial charge >= 0.3 is 12.4 Å². The second-order valence-electron chi connectivity index (χ2n) is 10.4. The Morgan fingerprint density at radius 3 is 2.39 bits per heavy atom. The second-order valence-corrected chi connectivity index (χ2v) is 10.8. The van der Waals surface area contributed by atoms with Crippen molar-refractivity contribution in [2.24, 2.45) is 11.8 Å². The molecule has 0 radical (unpaired) electrons. The van der Waals surface area contributed by atoms with Crippen LogP contribution in [0, 0.1) is 11.8 Å². The van der Waals surface area contributed by atoms with Crippen molar-refractivity contribution >= 4 is 33.9 Å². The third-order valence-electron chi connectivity index (χ3n) is 7.99. The van der Waals surface area contributed by atoms with Crippen LogP contribution < -0.4 is 15.4 Å². The largest absolute Gasteiger partial charge is 0.497 e. The lowest BCUT2D eigenvalue weighted by Gasteiger charge is -2.52. The van der Waals surface area contributed by atoms with Gasteiger partial charge in [0.15, 0.2) is 5.11 Å². The molecule has 2 aromatic carbocycles. The molecule has 12 heteroatoms. The molecule has 0 amide bonds. The second kappa shape index (κ2) is 11.1. The van der Waals surface area contributed by atoms with Gasteiger partial charge in [-0.05, 0) is 91.5 Å². The highest BCUT2D eigenvalue weighted by Crippen LogP contribution is 2.43. The molecular weight excluding hydrogens is 566 g/mol. The Hall–Kier alpha value is -3.38. The topological polar surface area (TPSA) is 49.4 Å². The van der Waals surface area contributed by atoms with E-state index in [0.717, 1.165) is 36.9 Å². The van der Waals surface area contributed by atoms with Crippen molar-refractivity contribution in [2.45, 2.75) is 37.3 Å². The van der Waals surface area contributed by atoms with Crippen molar-refractivity contribution in [1.82, 2.24) is 15.2 Å². The van der Waals surface area contributed by atoms with Crippen molar-refractivity contribution < 1.29 is 31.1 Å². The molecule has 3 aromatic rings. The maximum atomic E-state index is 13.4. The van der Waals surface area contributed by atoms with Gasteiger partial charge in [-0.3, -0.25) is 9.88 Å². The van der Waals surface area contributed by atoms with E-state index in [9.17, 15) is 26.3 Å². The van der Waals surface area contributed by atoms with E-state index in [2.05, 4.69) is 27.1 Å². The molecule has 41 heavy (non-hydrogen) atoms. The van der Waals surface area contributed by atoms with Crippen molar-refractivity contribution in [1.29, 1.82) is 0 Å². The minimum Gasteiger partial charge on any atom is -0.497 e. The van der Waals surface area contributed by atoms with Crippen LogP contribution in [0.2, 0.25) is 0 Å². The van der Waals surface area contributed by atoms with E-state index >= 15 is 0 Å². The Bertz CT molecular complexity index is 1430. The maximum Gasteiger partial charge on any atom is 0.416 e. The van der Waals surface area contributed by atoms with Gasteiger partial charge in [-0.15, -0.1) is 6.58 Å². The smallest absolute Gasteiger partial charge is 0.416 e. The fraction of sp³-hybridized carbons (Fsp3) is 0.379. The first kappa shape index (κ1) is 29.1. The van der Waals surface area contributed by atoms with Gasteiger partial charge in [-0.25, -0.2) is 0 Å². The van der Waals surface area contributed by atoms with Crippen LogP contribution in [0.25, 0.3) is 10.9 Å². The molecule has 2 bridgehead atoms. The zero-order valence-corrected chi connectivity index (χ0v) is 22.8. The lowest BCUT2D eigenvalue weighted by Crippen LogP contribution is -2.57. The van der Waals surface area contributed by atoms with E-state index in [1.807, 2.05) is 24.3 Å². The van der Waals surface area contributed by atoms with Crippen LogP contribution in [0.15, 0.2) is 61.3 Å². The van der Waals surface area contributed by atoms with E-state index in [1.165, 1.54) is 0 Å². The zero-order valence-electron chi connectivity index (χ0n) is 22.0. The summed E-state index contributed by atoms with van der Waals surface area (Å²) < 4.78 is 86.0. The number of fused-ring (bicyclic) bond motifs is 4. The molecule has 218 valence electrons. The number of aromatic nitrogens is 1. The number of anilines is 1. The number of hydrogen-bond acceptors (Lipinski definition) is 4. The molecule has 5 atom stereocenters. The van der Waals surface area contributed by atoms with Crippen molar-refractivity contribution in [2.75, 3.05) is 25.5 Å².